The van der Waals surface area contributed by atoms with Gasteiger partial charge < -0.3 is 5.11 Å². The van der Waals surface area contributed by atoms with Crippen LogP contribution in [0, 0.1) is 17.6 Å². The summed E-state index contributed by atoms with van der Waals surface area (Å²) < 4.78 is 28.2. The summed E-state index contributed by atoms with van der Waals surface area (Å²) in [5, 5.41) is 8.93. The molecular weight excluding hydrogens is 342 g/mol. The van der Waals surface area contributed by atoms with Gasteiger partial charge >= 0.3 is 0 Å². The Morgan fingerprint density at radius 2 is 1.59 bits per heavy atom. The molecule has 3 heteroatoms. The Morgan fingerprint density at radius 3 is 2.15 bits per heavy atom. The number of hydrogen-bond acceptors (Lipinski definition) is 1. The summed E-state index contributed by atoms with van der Waals surface area (Å²) in [6, 6.07) is 10.8. The van der Waals surface area contributed by atoms with Gasteiger partial charge in [-0.1, -0.05) is 30.3 Å². The molecule has 0 aliphatic heterocycles. The lowest BCUT2D eigenvalue weighted by atomic mass is 9.77. The summed E-state index contributed by atoms with van der Waals surface area (Å²) in [7, 11) is 0. The van der Waals surface area contributed by atoms with Crippen LogP contribution in [0.15, 0.2) is 49.1 Å². The van der Waals surface area contributed by atoms with E-state index in [4.69, 9.17) is 5.11 Å². The third kappa shape index (κ3) is 4.84. The molecule has 0 radical (unpaired) electrons. The van der Waals surface area contributed by atoms with Crippen LogP contribution in [0.25, 0.3) is 11.1 Å². The smallest absolute Gasteiger partial charge is 0.130 e. The monoisotopic (exact) mass is 370 g/mol. The first-order valence-electron chi connectivity index (χ1n) is 9.92. The molecule has 0 amide bonds. The van der Waals surface area contributed by atoms with Crippen LogP contribution in [0.3, 0.4) is 0 Å². The van der Waals surface area contributed by atoms with Crippen LogP contribution in [-0.4, -0.2) is 11.7 Å². The van der Waals surface area contributed by atoms with Gasteiger partial charge in [0.1, 0.15) is 11.6 Å². The first kappa shape index (κ1) is 19.8. The number of aliphatic hydroxyl groups excluding tert-OH is 1. The Morgan fingerprint density at radius 1 is 0.963 bits per heavy atom. The zero-order valence-electron chi connectivity index (χ0n) is 15.8. The summed E-state index contributed by atoms with van der Waals surface area (Å²) >= 11 is 0. The van der Waals surface area contributed by atoms with Crippen molar-refractivity contribution in [3.05, 3.63) is 71.8 Å². The molecule has 0 heterocycles. The first-order chi connectivity index (χ1) is 13.1. The largest absolute Gasteiger partial charge is 0.396 e. The highest BCUT2D eigenvalue weighted by molar-refractivity contribution is 5.64. The van der Waals surface area contributed by atoms with Gasteiger partial charge in [0.05, 0.1) is 0 Å². The van der Waals surface area contributed by atoms with Crippen LogP contribution in [0.2, 0.25) is 0 Å². The lowest BCUT2D eigenvalue weighted by Crippen LogP contribution is -2.13. The van der Waals surface area contributed by atoms with E-state index in [1.54, 1.807) is 0 Å². The van der Waals surface area contributed by atoms with Gasteiger partial charge in [-0.2, -0.15) is 0 Å². The maximum Gasteiger partial charge on any atom is 0.130 e. The molecule has 0 bridgehead atoms. The first-order valence-corrected chi connectivity index (χ1v) is 9.92. The molecule has 1 aliphatic carbocycles. The van der Waals surface area contributed by atoms with E-state index in [1.807, 2.05) is 18.2 Å². The Kier molecular flexibility index (Phi) is 6.78. The molecule has 1 nitrogen and oxygen atoms in total. The molecule has 0 atom stereocenters. The van der Waals surface area contributed by atoms with E-state index in [0.29, 0.717) is 11.5 Å². The van der Waals surface area contributed by atoms with Crippen LogP contribution in [0.5, 0.6) is 0 Å². The Labute approximate surface area is 160 Å². The highest BCUT2D eigenvalue weighted by atomic mass is 19.1. The predicted molar refractivity (Wildman–Crippen MR) is 107 cm³/mol. The van der Waals surface area contributed by atoms with Crippen molar-refractivity contribution < 1.29 is 13.9 Å². The van der Waals surface area contributed by atoms with E-state index in [2.05, 4.69) is 18.7 Å². The molecule has 3 rings (SSSR count). The highest BCUT2D eigenvalue weighted by Gasteiger charge is 2.22. The minimum absolute atomic E-state index is 0.00758. The average molecular weight is 370 g/mol. The summed E-state index contributed by atoms with van der Waals surface area (Å²) in [4.78, 5) is 0. The lowest BCUT2D eigenvalue weighted by molar-refractivity contribution is 0.295. The van der Waals surface area contributed by atoms with Gasteiger partial charge in [0, 0.05) is 18.6 Å². The Hall–Kier alpha value is -2.00. The Balaban J connectivity index is 1.68. The van der Waals surface area contributed by atoms with E-state index in [0.717, 1.165) is 17.9 Å². The average Bonchev–Trinajstić information content (AvgIpc) is 2.69. The fourth-order valence-electron chi connectivity index (χ4n) is 4.21. The lowest BCUT2D eigenvalue weighted by Gasteiger charge is -2.28. The van der Waals surface area contributed by atoms with Crippen molar-refractivity contribution in [2.24, 2.45) is 5.92 Å². The minimum atomic E-state index is -0.596. The van der Waals surface area contributed by atoms with Crippen molar-refractivity contribution in [2.45, 2.75) is 50.9 Å². The van der Waals surface area contributed by atoms with Crippen LogP contribution < -0.4 is 0 Å². The zero-order valence-corrected chi connectivity index (χ0v) is 15.8. The second-order valence-electron chi connectivity index (χ2n) is 7.60. The topological polar surface area (TPSA) is 20.2 Å². The molecule has 1 aliphatic rings. The minimum Gasteiger partial charge on any atom is -0.396 e. The Bertz CT molecular complexity index is 735. The standard InChI is InChI=1S/C24H28F2O/c1-2-3-4-17-5-7-18(8-6-17)19-9-11-20(12-10-19)21-15-23(25)22(13-14-27)24(26)16-21/h2,9-12,15-18,27H,1,3-8,13-14H2. The molecule has 0 unspecified atom stereocenters. The highest BCUT2D eigenvalue weighted by Crippen LogP contribution is 2.38. The van der Waals surface area contributed by atoms with Crippen LogP contribution >= 0.6 is 0 Å². The van der Waals surface area contributed by atoms with Crippen molar-refractivity contribution in [3.63, 3.8) is 0 Å². The normalized spacial score (nSPS) is 19.8. The van der Waals surface area contributed by atoms with Crippen molar-refractivity contribution in [1.29, 1.82) is 0 Å². The third-order valence-corrected chi connectivity index (χ3v) is 5.84. The van der Waals surface area contributed by atoms with Crippen LogP contribution in [0.4, 0.5) is 8.78 Å². The van der Waals surface area contributed by atoms with Gasteiger partial charge in [-0.05, 0) is 79.2 Å². The molecule has 2 aromatic carbocycles. The molecule has 0 aromatic heterocycles. The van der Waals surface area contributed by atoms with Crippen molar-refractivity contribution in [3.8, 4) is 11.1 Å². The summed E-state index contributed by atoms with van der Waals surface area (Å²) in [5.41, 5.74) is 2.61. The molecule has 0 saturated heterocycles. The van der Waals surface area contributed by atoms with Crippen LogP contribution in [-0.2, 0) is 6.42 Å². The number of benzene rings is 2. The van der Waals surface area contributed by atoms with Gasteiger partial charge in [-0.15, -0.1) is 6.58 Å². The van der Waals surface area contributed by atoms with E-state index in [-0.39, 0.29) is 18.6 Å². The predicted octanol–water partition coefficient (Wildman–Crippen LogP) is 6.41. The zero-order chi connectivity index (χ0) is 19.2. The number of aliphatic hydroxyl groups is 1. The van der Waals surface area contributed by atoms with E-state index >= 15 is 0 Å². The molecular formula is C24H28F2O. The van der Waals surface area contributed by atoms with Crippen LogP contribution in [0.1, 0.15) is 55.6 Å². The van der Waals surface area contributed by atoms with Gasteiger partial charge in [0.25, 0.3) is 0 Å². The van der Waals surface area contributed by atoms with Gasteiger partial charge in [0.2, 0.25) is 0 Å². The third-order valence-electron chi connectivity index (χ3n) is 5.84. The second-order valence-corrected chi connectivity index (χ2v) is 7.60. The fourth-order valence-corrected chi connectivity index (χ4v) is 4.21. The van der Waals surface area contributed by atoms with Crippen molar-refractivity contribution >= 4 is 0 Å². The maximum absolute atomic E-state index is 14.1. The number of halogens is 2. The summed E-state index contributed by atoms with van der Waals surface area (Å²) in [5.74, 6) is 0.211. The fraction of sp³-hybridized carbons (Fsp3) is 0.417. The van der Waals surface area contributed by atoms with Gasteiger partial charge in [-0.25, -0.2) is 8.78 Å². The second kappa shape index (κ2) is 9.27. The molecule has 1 N–H and O–H groups in total. The van der Waals surface area contributed by atoms with Gasteiger partial charge in [-0.3, -0.25) is 0 Å². The number of allylic oxidation sites excluding steroid dienone is 1. The van der Waals surface area contributed by atoms with Crippen molar-refractivity contribution in [2.75, 3.05) is 6.61 Å². The van der Waals surface area contributed by atoms with Crippen molar-refractivity contribution in [1.82, 2.24) is 0 Å². The SMILES string of the molecule is C=CCCC1CCC(c2ccc(-c3cc(F)c(CCO)c(F)c3)cc2)CC1. The van der Waals surface area contributed by atoms with E-state index < -0.39 is 11.6 Å². The van der Waals surface area contributed by atoms with E-state index in [1.165, 1.54) is 49.8 Å². The molecule has 1 fully saturated rings. The molecule has 27 heavy (non-hydrogen) atoms. The number of hydrogen-bond donors (Lipinski definition) is 1. The molecule has 0 spiro atoms. The molecule has 144 valence electrons. The maximum atomic E-state index is 14.1. The van der Waals surface area contributed by atoms with Gasteiger partial charge in [0.15, 0.2) is 0 Å². The number of rotatable bonds is 7. The summed E-state index contributed by atoms with van der Waals surface area (Å²) in [6.45, 7) is 3.54. The van der Waals surface area contributed by atoms with E-state index in [9.17, 15) is 8.78 Å². The summed E-state index contributed by atoms with van der Waals surface area (Å²) in [6.07, 6.45) is 9.30. The molecule has 2 aromatic rings. The quantitative estimate of drug-likeness (QED) is 0.559. The molecule has 1 saturated carbocycles.